The third kappa shape index (κ3) is 3.26. The minimum absolute atomic E-state index is 0.0897. The Kier molecular flexibility index (Phi) is 4.43. The summed E-state index contributed by atoms with van der Waals surface area (Å²) >= 11 is 0. The Morgan fingerprint density at radius 1 is 1.53 bits per heavy atom. The van der Waals surface area contributed by atoms with E-state index >= 15 is 0 Å². The summed E-state index contributed by atoms with van der Waals surface area (Å²) in [5.74, 6) is 0.560. The van der Waals surface area contributed by atoms with Gasteiger partial charge >= 0.3 is 0 Å². The van der Waals surface area contributed by atoms with Crippen molar-refractivity contribution in [2.75, 3.05) is 32.0 Å². The van der Waals surface area contributed by atoms with Crippen LogP contribution in [0, 0.1) is 12.8 Å². The number of nitrogen functional groups attached to an aromatic ring is 1. The van der Waals surface area contributed by atoms with Gasteiger partial charge in [-0.15, -0.1) is 0 Å². The molecule has 1 aromatic carbocycles. The second kappa shape index (κ2) is 6.06. The van der Waals surface area contributed by atoms with Crippen LogP contribution in [0.25, 0.3) is 0 Å². The Morgan fingerprint density at radius 2 is 2.32 bits per heavy atom. The minimum atomic E-state index is 0.0897. The van der Waals surface area contributed by atoms with E-state index < -0.39 is 0 Å². The average molecular weight is 262 g/mol. The van der Waals surface area contributed by atoms with E-state index in [0.717, 1.165) is 43.9 Å². The molecule has 4 nitrogen and oxygen atoms in total. The first kappa shape index (κ1) is 13.9. The highest BCUT2D eigenvalue weighted by Gasteiger charge is 2.23. The summed E-state index contributed by atoms with van der Waals surface area (Å²) in [6.07, 6.45) is 1.05. The van der Waals surface area contributed by atoms with Crippen molar-refractivity contribution in [3.8, 4) is 0 Å². The number of benzene rings is 1. The van der Waals surface area contributed by atoms with Gasteiger partial charge in [-0.05, 0) is 44.0 Å². The molecule has 1 aliphatic heterocycles. The van der Waals surface area contributed by atoms with Gasteiger partial charge in [0.2, 0.25) is 0 Å². The monoisotopic (exact) mass is 262 g/mol. The van der Waals surface area contributed by atoms with Crippen molar-refractivity contribution >= 4 is 11.6 Å². The van der Waals surface area contributed by atoms with Gasteiger partial charge in [-0.3, -0.25) is 4.79 Å². The van der Waals surface area contributed by atoms with E-state index in [1.165, 1.54) is 0 Å². The number of carbonyl (C=O) groups is 1. The molecule has 1 aliphatic rings. The average Bonchev–Trinajstić information content (AvgIpc) is 2.88. The molecule has 1 aromatic rings. The van der Waals surface area contributed by atoms with Gasteiger partial charge in [0.1, 0.15) is 0 Å². The topological polar surface area (TPSA) is 55.6 Å². The molecule has 19 heavy (non-hydrogen) atoms. The van der Waals surface area contributed by atoms with Crippen LogP contribution in [0.3, 0.4) is 0 Å². The normalized spacial score (nSPS) is 18.5. The number of amides is 1. The van der Waals surface area contributed by atoms with E-state index in [4.69, 9.17) is 10.5 Å². The maximum atomic E-state index is 12.5. The molecule has 1 unspecified atom stereocenters. The third-order valence-electron chi connectivity index (χ3n) is 3.65. The first-order valence-corrected chi connectivity index (χ1v) is 6.85. The molecule has 0 aromatic heterocycles. The number of anilines is 1. The lowest BCUT2D eigenvalue weighted by Crippen LogP contribution is -2.35. The number of aryl methyl sites for hydroxylation is 1. The van der Waals surface area contributed by atoms with Crippen molar-refractivity contribution in [1.82, 2.24) is 4.90 Å². The van der Waals surface area contributed by atoms with Crippen LogP contribution in [0.2, 0.25) is 0 Å². The Labute approximate surface area is 114 Å². The maximum Gasteiger partial charge on any atom is 0.254 e. The first-order valence-electron chi connectivity index (χ1n) is 6.85. The second-order valence-electron chi connectivity index (χ2n) is 5.15. The number of ether oxygens (including phenoxy) is 1. The summed E-state index contributed by atoms with van der Waals surface area (Å²) in [6, 6.07) is 5.45. The van der Waals surface area contributed by atoms with Crippen LogP contribution < -0.4 is 5.73 Å². The van der Waals surface area contributed by atoms with E-state index in [1.54, 1.807) is 6.07 Å². The maximum absolute atomic E-state index is 12.5. The molecule has 0 bridgehead atoms. The smallest absolute Gasteiger partial charge is 0.254 e. The summed E-state index contributed by atoms with van der Waals surface area (Å²) < 4.78 is 5.37. The highest BCUT2D eigenvalue weighted by Crippen LogP contribution is 2.18. The van der Waals surface area contributed by atoms with Gasteiger partial charge in [0.05, 0.1) is 6.61 Å². The van der Waals surface area contributed by atoms with Gasteiger partial charge in [-0.25, -0.2) is 0 Å². The Balaban J connectivity index is 2.10. The van der Waals surface area contributed by atoms with Crippen LogP contribution in [0.1, 0.15) is 29.3 Å². The summed E-state index contributed by atoms with van der Waals surface area (Å²) in [5.41, 5.74) is 8.10. The minimum Gasteiger partial charge on any atom is -0.399 e. The fourth-order valence-corrected chi connectivity index (χ4v) is 2.49. The molecule has 0 spiro atoms. The lowest BCUT2D eigenvalue weighted by atomic mass is 10.0. The van der Waals surface area contributed by atoms with E-state index in [9.17, 15) is 4.79 Å². The Morgan fingerprint density at radius 3 is 2.89 bits per heavy atom. The summed E-state index contributed by atoms with van der Waals surface area (Å²) in [4.78, 5) is 14.4. The first-order chi connectivity index (χ1) is 9.11. The zero-order chi connectivity index (χ0) is 13.8. The van der Waals surface area contributed by atoms with Crippen LogP contribution in [0.5, 0.6) is 0 Å². The van der Waals surface area contributed by atoms with Crippen LogP contribution >= 0.6 is 0 Å². The number of carbonyl (C=O) groups excluding carboxylic acids is 1. The van der Waals surface area contributed by atoms with E-state index in [-0.39, 0.29) is 5.91 Å². The summed E-state index contributed by atoms with van der Waals surface area (Å²) in [6.45, 7) is 7.02. The summed E-state index contributed by atoms with van der Waals surface area (Å²) in [7, 11) is 0. The molecular weight excluding hydrogens is 240 g/mol. The van der Waals surface area contributed by atoms with Gasteiger partial charge < -0.3 is 15.4 Å². The quantitative estimate of drug-likeness (QED) is 0.845. The highest BCUT2D eigenvalue weighted by molar-refractivity contribution is 5.96. The summed E-state index contributed by atoms with van der Waals surface area (Å²) in [5, 5.41) is 0. The molecular formula is C15H22N2O2. The van der Waals surface area contributed by atoms with Gasteiger partial charge in [-0.2, -0.15) is 0 Å². The number of nitrogens with two attached hydrogens (primary N) is 1. The largest absolute Gasteiger partial charge is 0.399 e. The number of nitrogens with zero attached hydrogens (tertiary/aromatic N) is 1. The van der Waals surface area contributed by atoms with Crippen molar-refractivity contribution in [1.29, 1.82) is 0 Å². The number of rotatable bonds is 4. The molecule has 1 atom stereocenters. The molecule has 0 saturated carbocycles. The van der Waals surface area contributed by atoms with Crippen LogP contribution in [0.4, 0.5) is 5.69 Å². The van der Waals surface area contributed by atoms with Crippen LogP contribution in [0.15, 0.2) is 18.2 Å². The van der Waals surface area contributed by atoms with Crippen molar-refractivity contribution in [2.24, 2.45) is 5.92 Å². The standard InChI is InChI=1S/C15H22N2O2/c1-3-17(9-12-6-7-19-10-12)15(18)14-5-4-13(16)8-11(14)2/h4-5,8,12H,3,6-7,9-10,16H2,1-2H3. The van der Waals surface area contributed by atoms with Gasteiger partial charge in [0.15, 0.2) is 0 Å². The van der Waals surface area contributed by atoms with Crippen LogP contribution in [-0.4, -0.2) is 37.1 Å². The van der Waals surface area contributed by atoms with Gasteiger partial charge in [-0.1, -0.05) is 0 Å². The molecule has 1 saturated heterocycles. The van der Waals surface area contributed by atoms with E-state index in [2.05, 4.69) is 0 Å². The number of hydrogen-bond acceptors (Lipinski definition) is 3. The fraction of sp³-hybridized carbons (Fsp3) is 0.533. The molecule has 4 heteroatoms. The van der Waals surface area contributed by atoms with E-state index in [1.807, 2.05) is 30.9 Å². The Bertz CT molecular complexity index is 453. The Hall–Kier alpha value is -1.55. The fourth-order valence-electron chi connectivity index (χ4n) is 2.49. The third-order valence-corrected chi connectivity index (χ3v) is 3.65. The van der Waals surface area contributed by atoms with Crippen molar-refractivity contribution < 1.29 is 9.53 Å². The SMILES string of the molecule is CCN(CC1CCOC1)C(=O)c1ccc(N)cc1C. The molecule has 0 aliphatic carbocycles. The molecule has 104 valence electrons. The lowest BCUT2D eigenvalue weighted by Gasteiger charge is -2.24. The molecule has 0 radical (unpaired) electrons. The lowest BCUT2D eigenvalue weighted by molar-refractivity contribution is 0.0730. The van der Waals surface area contributed by atoms with Gasteiger partial charge in [0, 0.05) is 36.9 Å². The molecule has 2 rings (SSSR count). The highest BCUT2D eigenvalue weighted by atomic mass is 16.5. The number of hydrogen-bond donors (Lipinski definition) is 1. The van der Waals surface area contributed by atoms with Crippen molar-refractivity contribution in [3.63, 3.8) is 0 Å². The molecule has 2 N–H and O–H groups in total. The molecule has 1 heterocycles. The molecule has 1 amide bonds. The predicted octanol–water partition coefficient (Wildman–Crippen LogP) is 2.08. The van der Waals surface area contributed by atoms with Gasteiger partial charge in [0.25, 0.3) is 5.91 Å². The zero-order valence-electron chi connectivity index (χ0n) is 11.7. The van der Waals surface area contributed by atoms with Crippen molar-refractivity contribution in [3.05, 3.63) is 29.3 Å². The predicted molar refractivity (Wildman–Crippen MR) is 76.1 cm³/mol. The van der Waals surface area contributed by atoms with Crippen LogP contribution in [-0.2, 0) is 4.74 Å². The van der Waals surface area contributed by atoms with Crippen molar-refractivity contribution in [2.45, 2.75) is 20.3 Å². The second-order valence-corrected chi connectivity index (χ2v) is 5.15. The van der Waals surface area contributed by atoms with E-state index in [0.29, 0.717) is 11.6 Å². The zero-order valence-corrected chi connectivity index (χ0v) is 11.7. The molecule has 1 fully saturated rings.